The molecule has 0 N–H and O–H groups in total. The predicted octanol–water partition coefficient (Wildman–Crippen LogP) is 2.78. The number of fused-ring (bicyclic) bond motifs is 2. The fraction of sp³-hybridized carbons (Fsp3) is 0. The van der Waals surface area contributed by atoms with Crippen LogP contribution in [0.3, 0.4) is 0 Å². The van der Waals surface area contributed by atoms with Gasteiger partial charge in [0.15, 0.2) is 0 Å². The fourth-order valence-corrected chi connectivity index (χ4v) is 1.48. The molecule has 3 aromatic rings. The molecule has 0 fully saturated rings. The second-order valence-corrected chi connectivity index (χ2v) is 2.94. The highest BCUT2D eigenvalue weighted by Crippen LogP contribution is 2.21. The molecule has 3 rings (SSSR count). The average Bonchev–Trinajstić information content (AvgIpc) is 2.61. The Morgan fingerprint density at radius 3 is 3.15 bits per heavy atom. The molecular formula is C11H6NO. The quantitative estimate of drug-likeness (QED) is 0.515. The van der Waals surface area contributed by atoms with E-state index in [0.717, 1.165) is 21.9 Å². The summed E-state index contributed by atoms with van der Waals surface area (Å²) in [7, 11) is 0. The van der Waals surface area contributed by atoms with Gasteiger partial charge in [-0.25, -0.2) is 4.98 Å². The molecule has 0 aliphatic heterocycles. The van der Waals surface area contributed by atoms with E-state index in [1.807, 2.05) is 24.3 Å². The molecule has 0 saturated carbocycles. The van der Waals surface area contributed by atoms with E-state index >= 15 is 0 Å². The smallest absolute Gasteiger partial charge is 0.134 e. The topological polar surface area (TPSA) is 26.0 Å². The van der Waals surface area contributed by atoms with E-state index < -0.39 is 0 Å². The number of rotatable bonds is 0. The predicted molar refractivity (Wildman–Crippen MR) is 50.4 cm³/mol. The summed E-state index contributed by atoms with van der Waals surface area (Å²) in [5.74, 6) is 0. The van der Waals surface area contributed by atoms with Crippen molar-refractivity contribution >= 4 is 21.9 Å². The largest absolute Gasteiger partial charge is 0.464 e. The summed E-state index contributed by atoms with van der Waals surface area (Å²) >= 11 is 0. The Hall–Kier alpha value is -1.83. The van der Waals surface area contributed by atoms with Gasteiger partial charge in [-0.2, -0.15) is 0 Å². The lowest BCUT2D eigenvalue weighted by molar-refractivity contribution is 0.616. The molecule has 0 saturated heterocycles. The van der Waals surface area contributed by atoms with Crippen molar-refractivity contribution in [3.05, 3.63) is 42.8 Å². The maximum absolute atomic E-state index is 5.29. The van der Waals surface area contributed by atoms with Crippen molar-refractivity contribution in [1.29, 1.82) is 0 Å². The minimum absolute atomic E-state index is 0.903. The molecule has 1 radical (unpaired) electrons. The van der Waals surface area contributed by atoms with Gasteiger partial charge in [0.05, 0.1) is 18.0 Å². The van der Waals surface area contributed by atoms with Crippen LogP contribution in [0.25, 0.3) is 21.9 Å². The number of benzene rings is 1. The summed E-state index contributed by atoms with van der Waals surface area (Å²) in [4.78, 5) is 4.14. The van der Waals surface area contributed by atoms with E-state index in [2.05, 4.69) is 11.2 Å². The number of nitrogens with zero attached hydrogens (tertiary/aromatic N) is 1. The summed E-state index contributed by atoms with van der Waals surface area (Å²) in [6, 6.07) is 9.71. The van der Waals surface area contributed by atoms with E-state index in [-0.39, 0.29) is 0 Å². The van der Waals surface area contributed by atoms with E-state index in [0.29, 0.717) is 0 Å². The maximum atomic E-state index is 5.29. The first-order valence-corrected chi connectivity index (χ1v) is 4.07. The van der Waals surface area contributed by atoms with Gasteiger partial charge >= 0.3 is 0 Å². The highest BCUT2D eigenvalue weighted by Gasteiger charge is 1.99. The van der Waals surface area contributed by atoms with Crippen LogP contribution in [0, 0.1) is 6.20 Å². The Morgan fingerprint density at radius 1 is 1.15 bits per heavy atom. The van der Waals surface area contributed by atoms with Crippen LogP contribution >= 0.6 is 0 Å². The van der Waals surface area contributed by atoms with Gasteiger partial charge < -0.3 is 4.42 Å². The third-order valence-corrected chi connectivity index (χ3v) is 2.12. The lowest BCUT2D eigenvalue weighted by Crippen LogP contribution is -1.76. The number of hydrogen-bond acceptors (Lipinski definition) is 2. The third kappa shape index (κ3) is 0.920. The summed E-state index contributed by atoms with van der Waals surface area (Å²) in [6.45, 7) is 0. The Bertz CT molecular complexity index is 519. The highest BCUT2D eigenvalue weighted by molar-refractivity contribution is 5.93. The van der Waals surface area contributed by atoms with Gasteiger partial charge in [-0.15, -0.1) is 0 Å². The summed E-state index contributed by atoms with van der Waals surface area (Å²) < 4.78 is 5.29. The molecule has 2 nitrogen and oxygen atoms in total. The molecule has 1 aromatic carbocycles. The number of aromatic nitrogens is 1. The monoisotopic (exact) mass is 168 g/mol. The van der Waals surface area contributed by atoms with Gasteiger partial charge in [-0.1, -0.05) is 6.07 Å². The van der Waals surface area contributed by atoms with Crippen molar-refractivity contribution < 1.29 is 4.42 Å². The van der Waals surface area contributed by atoms with Crippen LogP contribution in [0.4, 0.5) is 0 Å². The van der Waals surface area contributed by atoms with Crippen LogP contribution in [0.15, 0.2) is 41.0 Å². The minimum atomic E-state index is 0.903. The molecule has 0 aliphatic carbocycles. The van der Waals surface area contributed by atoms with Gasteiger partial charge in [-0.05, 0) is 24.3 Å². The summed E-state index contributed by atoms with van der Waals surface area (Å²) in [5.41, 5.74) is 1.86. The molecule has 2 heterocycles. The van der Waals surface area contributed by atoms with E-state index in [1.54, 1.807) is 12.3 Å². The SMILES string of the molecule is [c]1ccc2cc3occc3cc2n1. The maximum Gasteiger partial charge on any atom is 0.134 e. The fourth-order valence-electron chi connectivity index (χ4n) is 1.48. The molecule has 61 valence electrons. The average molecular weight is 168 g/mol. The summed E-state index contributed by atoms with van der Waals surface area (Å²) in [6.07, 6.45) is 4.50. The first kappa shape index (κ1) is 6.66. The van der Waals surface area contributed by atoms with Gasteiger partial charge in [0, 0.05) is 10.8 Å². The second kappa shape index (κ2) is 2.33. The van der Waals surface area contributed by atoms with Crippen molar-refractivity contribution in [2.24, 2.45) is 0 Å². The number of hydrogen-bond donors (Lipinski definition) is 0. The Kier molecular flexibility index (Phi) is 1.19. The second-order valence-electron chi connectivity index (χ2n) is 2.94. The highest BCUT2D eigenvalue weighted by atomic mass is 16.3. The van der Waals surface area contributed by atoms with Gasteiger partial charge in [0.2, 0.25) is 0 Å². The molecule has 2 heteroatoms. The van der Waals surface area contributed by atoms with Gasteiger partial charge in [0.1, 0.15) is 5.58 Å². The molecule has 13 heavy (non-hydrogen) atoms. The first-order chi connectivity index (χ1) is 6.43. The van der Waals surface area contributed by atoms with Crippen LogP contribution in [-0.2, 0) is 0 Å². The van der Waals surface area contributed by atoms with Crippen LogP contribution in [0.1, 0.15) is 0 Å². The Labute approximate surface area is 74.8 Å². The number of pyridine rings is 1. The van der Waals surface area contributed by atoms with Crippen molar-refractivity contribution in [3.8, 4) is 0 Å². The molecule has 0 spiro atoms. The molecule has 0 unspecified atom stereocenters. The molecule has 0 bridgehead atoms. The van der Waals surface area contributed by atoms with E-state index in [9.17, 15) is 0 Å². The van der Waals surface area contributed by atoms with Crippen LogP contribution in [0.2, 0.25) is 0 Å². The normalized spacial score (nSPS) is 11.1. The van der Waals surface area contributed by atoms with Crippen molar-refractivity contribution in [1.82, 2.24) is 4.98 Å². The van der Waals surface area contributed by atoms with Crippen LogP contribution in [0.5, 0.6) is 0 Å². The lowest BCUT2D eigenvalue weighted by atomic mass is 10.2. The van der Waals surface area contributed by atoms with Crippen molar-refractivity contribution in [3.63, 3.8) is 0 Å². The van der Waals surface area contributed by atoms with Crippen molar-refractivity contribution in [2.75, 3.05) is 0 Å². The summed E-state index contributed by atoms with van der Waals surface area (Å²) in [5, 5.41) is 2.17. The molecule has 2 aromatic heterocycles. The van der Waals surface area contributed by atoms with Crippen LogP contribution < -0.4 is 0 Å². The van der Waals surface area contributed by atoms with Gasteiger partial charge in [-0.3, -0.25) is 0 Å². The molecule has 0 aliphatic rings. The zero-order chi connectivity index (χ0) is 8.67. The van der Waals surface area contributed by atoms with Crippen molar-refractivity contribution in [2.45, 2.75) is 0 Å². The molecule has 0 amide bonds. The van der Waals surface area contributed by atoms with E-state index in [4.69, 9.17) is 4.42 Å². The third-order valence-electron chi connectivity index (χ3n) is 2.12. The standard InChI is InChI=1S/C11H6NO/c1-2-8-7-11-9(3-5-13-11)6-10(8)12-4-1/h1-3,5-7H. The lowest BCUT2D eigenvalue weighted by Gasteiger charge is -1.94. The van der Waals surface area contributed by atoms with Gasteiger partial charge in [0.25, 0.3) is 0 Å². The first-order valence-electron chi connectivity index (χ1n) is 4.07. The zero-order valence-electron chi connectivity index (χ0n) is 6.82. The number of furan rings is 1. The Morgan fingerprint density at radius 2 is 2.15 bits per heavy atom. The zero-order valence-corrected chi connectivity index (χ0v) is 6.82. The molecular weight excluding hydrogens is 162 g/mol. The van der Waals surface area contributed by atoms with E-state index in [1.165, 1.54) is 0 Å². The molecule has 0 atom stereocenters. The Balaban J connectivity index is 2.57. The van der Waals surface area contributed by atoms with Crippen LogP contribution in [-0.4, -0.2) is 4.98 Å². The minimum Gasteiger partial charge on any atom is -0.464 e.